The molecule has 31 heavy (non-hydrogen) atoms. The zero-order chi connectivity index (χ0) is 22.8. The van der Waals surface area contributed by atoms with Gasteiger partial charge in [0.05, 0.1) is 18.4 Å². The van der Waals surface area contributed by atoms with Gasteiger partial charge >= 0.3 is 17.8 Å². The first-order valence-corrected chi connectivity index (χ1v) is 10.4. The van der Waals surface area contributed by atoms with E-state index in [1.54, 1.807) is 5.32 Å². The first-order valence-electron chi connectivity index (χ1n) is 9.55. The van der Waals surface area contributed by atoms with Crippen LogP contribution < -0.4 is 10.6 Å². The molecule has 0 saturated carbocycles. The summed E-state index contributed by atoms with van der Waals surface area (Å²) in [6, 6.07) is 4.43. The Morgan fingerprint density at radius 2 is 2.16 bits per heavy atom. The van der Waals surface area contributed by atoms with Crippen molar-refractivity contribution in [2.24, 2.45) is 5.92 Å². The van der Waals surface area contributed by atoms with Crippen molar-refractivity contribution in [3.63, 3.8) is 0 Å². The van der Waals surface area contributed by atoms with E-state index in [1.165, 1.54) is 13.0 Å². The maximum atomic E-state index is 14.3. The summed E-state index contributed by atoms with van der Waals surface area (Å²) in [6.07, 6.45) is -2.21. The molecule has 1 aliphatic rings. The van der Waals surface area contributed by atoms with Gasteiger partial charge in [0.25, 0.3) is 5.91 Å². The normalized spacial score (nSPS) is 17.7. The standard InChI is InChI=1S/C20H20F3N3O4S/c1-3-29-18(28)19(20(21,22)23,25-16(27)14-5-4-8-30-14)26-17-13(10-24)12-7-6-11(2)9-15(12)31-17/h4-5,8,11,26H,3,6-7,9H2,1-2H3,(H,25,27)/t11-,19+/m1/s1. The van der Waals surface area contributed by atoms with Crippen LogP contribution >= 0.6 is 11.3 Å². The Balaban J connectivity index is 2.09. The second-order valence-electron chi connectivity index (χ2n) is 7.19. The Labute approximate surface area is 180 Å². The summed E-state index contributed by atoms with van der Waals surface area (Å²) < 4.78 is 52.5. The number of hydrogen-bond donors (Lipinski definition) is 2. The summed E-state index contributed by atoms with van der Waals surface area (Å²) in [5.74, 6) is -3.11. The highest BCUT2D eigenvalue weighted by atomic mass is 32.1. The summed E-state index contributed by atoms with van der Waals surface area (Å²) in [7, 11) is 0. The zero-order valence-corrected chi connectivity index (χ0v) is 17.6. The summed E-state index contributed by atoms with van der Waals surface area (Å²) >= 11 is 0.977. The van der Waals surface area contributed by atoms with Crippen molar-refractivity contribution < 1.29 is 31.9 Å². The molecule has 1 aliphatic carbocycles. The Morgan fingerprint density at radius 3 is 2.74 bits per heavy atom. The second kappa shape index (κ2) is 8.63. The molecule has 2 N–H and O–H groups in total. The number of carbonyl (C=O) groups is 2. The van der Waals surface area contributed by atoms with Crippen LogP contribution in [0.1, 0.15) is 46.8 Å². The van der Waals surface area contributed by atoms with Gasteiger partial charge in [0.1, 0.15) is 11.1 Å². The molecule has 0 unspecified atom stereocenters. The molecule has 0 bridgehead atoms. The molecule has 0 spiro atoms. The SMILES string of the molecule is CCOC(=O)[C@](NC(=O)c1ccco1)(Nc1sc2c(c1C#N)CC[C@@H](C)C2)C(F)(F)F. The molecule has 0 fully saturated rings. The summed E-state index contributed by atoms with van der Waals surface area (Å²) in [6.45, 7) is 3.02. The van der Waals surface area contributed by atoms with Crippen molar-refractivity contribution in [1.82, 2.24) is 5.32 Å². The molecule has 1 amide bonds. The number of nitriles is 1. The van der Waals surface area contributed by atoms with Gasteiger partial charge in [0.2, 0.25) is 0 Å². The first-order chi connectivity index (χ1) is 14.6. The number of anilines is 1. The molecule has 0 aromatic carbocycles. The highest BCUT2D eigenvalue weighted by Crippen LogP contribution is 2.42. The third-order valence-electron chi connectivity index (χ3n) is 4.98. The van der Waals surface area contributed by atoms with Gasteiger partial charge in [0, 0.05) is 4.88 Å². The number of alkyl halides is 3. The second-order valence-corrected chi connectivity index (χ2v) is 8.30. The van der Waals surface area contributed by atoms with Crippen LogP contribution in [0.5, 0.6) is 0 Å². The first kappa shape index (κ1) is 22.7. The third kappa shape index (κ3) is 4.25. The van der Waals surface area contributed by atoms with E-state index in [-0.39, 0.29) is 17.2 Å². The number of carbonyl (C=O) groups excluding carboxylic acids is 2. The Morgan fingerprint density at radius 1 is 1.42 bits per heavy atom. The lowest BCUT2D eigenvalue weighted by molar-refractivity contribution is -0.204. The van der Waals surface area contributed by atoms with E-state index in [0.717, 1.165) is 35.0 Å². The van der Waals surface area contributed by atoms with Gasteiger partial charge in [0.15, 0.2) is 5.76 Å². The fourth-order valence-electron chi connectivity index (χ4n) is 3.40. The number of rotatable bonds is 6. The predicted octanol–water partition coefficient (Wildman–Crippen LogP) is 4.00. The highest BCUT2D eigenvalue weighted by Gasteiger charge is 2.64. The average Bonchev–Trinajstić information content (AvgIpc) is 3.33. The molecule has 3 rings (SSSR count). The van der Waals surface area contributed by atoms with Crippen LogP contribution in [0, 0.1) is 17.2 Å². The molecule has 2 heterocycles. The molecule has 11 heteroatoms. The largest absolute Gasteiger partial charge is 0.463 e. The number of fused-ring (bicyclic) bond motifs is 1. The maximum absolute atomic E-state index is 14.3. The van der Waals surface area contributed by atoms with E-state index >= 15 is 0 Å². The lowest BCUT2D eigenvalue weighted by atomic mass is 9.88. The lowest BCUT2D eigenvalue weighted by Gasteiger charge is -2.34. The minimum absolute atomic E-state index is 0.0390. The highest BCUT2D eigenvalue weighted by molar-refractivity contribution is 7.16. The van der Waals surface area contributed by atoms with Crippen LogP contribution in [0.4, 0.5) is 18.2 Å². The number of esters is 1. The Bertz CT molecular complexity index is 1010. The minimum Gasteiger partial charge on any atom is -0.463 e. The molecular weight excluding hydrogens is 435 g/mol. The fourth-order valence-corrected chi connectivity index (χ4v) is 4.81. The number of hydrogen-bond acceptors (Lipinski definition) is 7. The van der Waals surface area contributed by atoms with Crippen molar-refractivity contribution in [2.75, 3.05) is 11.9 Å². The van der Waals surface area contributed by atoms with Crippen LogP contribution in [0.25, 0.3) is 0 Å². The van der Waals surface area contributed by atoms with Crippen LogP contribution in [0.15, 0.2) is 22.8 Å². The Hall–Kier alpha value is -3.00. The van der Waals surface area contributed by atoms with Crippen molar-refractivity contribution in [1.29, 1.82) is 5.26 Å². The van der Waals surface area contributed by atoms with Crippen LogP contribution in [-0.2, 0) is 22.4 Å². The number of amides is 1. The van der Waals surface area contributed by atoms with Crippen LogP contribution in [0.2, 0.25) is 0 Å². The van der Waals surface area contributed by atoms with E-state index in [2.05, 4.69) is 10.1 Å². The van der Waals surface area contributed by atoms with Gasteiger partial charge in [-0.25, -0.2) is 4.79 Å². The summed E-state index contributed by atoms with van der Waals surface area (Å²) in [4.78, 5) is 25.8. The molecule has 0 radical (unpaired) electrons. The van der Waals surface area contributed by atoms with Gasteiger partial charge in [-0.05, 0) is 49.8 Å². The van der Waals surface area contributed by atoms with E-state index in [9.17, 15) is 28.0 Å². The number of halogens is 3. The van der Waals surface area contributed by atoms with Gasteiger partial charge in [-0.1, -0.05) is 6.92 Å². The number of furan rings is 1. The molecule has 166 valence electrons. The van der Waals surface area contributed by atoms with Gasteiger partial charge in [-0.2, -0.15) is 18.4 Å². The van der Waals surface area contributed by atoms with Crippen LogP contribution in [0.3, 0.4) is 0 Å². The zero-order valence-electron chi connectivity index (χ0n) is 16.8. The molecule has 0 saturated heterocycles. The number of nitrogens with zero attached hydrogens (tertiary/aromatic N) is 1. The lowest BCUT2D eigenvalue weighted by Crippen LogP contribution is -2.69. The van der Waals surface area contributed by atoms with Crippen LogP contribution in [-0.4, -0.2) is 30.3 Å². The number of nitrogens with one attached hydrogen (secondary N) is 2. The van der Waals surface area contributed by atoms with Gasteiger partial charge in [-0.3, -0.25) is 4.79 Å². The van der Waals surface area contributed by atoms with Gasteiger partial charge in [-0.15, -0.1) is 11.3 Å². The smallest absolute Gasteiger partial charge is 0.441 e. The van der Waals surface area contributed by atoms with Crippen molar-refractivity contribution >= 4 is 28.2 Å². The predicted molar refractivity (Wildman–Crippen MR) is 105 cm³/mol. The topological polar surface area (TPSA) is 104 Å². The van der Waals surface area contributed by atoms with E-state index in [0.29, 0.717) is 24.3 Å². The average molecular weight is 455 g/mol. The van der Waals surface area contributed by atoms with Crippen molar-refractivity contribution in [3.8, 4) is 6.07 Å². The number of thiophene rings is 1. The molecular formula is C20H20F3N3O4S. The molecule has 7 nitrogen and oxygen atoms in total. The molecule has 2 aromatic rings. The van der Waals surface area contributed by atoms with E-state index in [4.69, 9.17) is 4.42 Å². The number of ether oxygens (including phenoxy) is 1. The fraction of sp³-hybridized carbons (Fsp3) is 0.450. The molecule has 0 aliphatic heterocycles. The summed E-state index contributed by atoms with van der Waals surface area (Å²) in [5, 5.41) is 13.3. The monoisotopic (exact) mass is 455 g/mol. The molecule has 2 atom stereocenters. The third-order valence-corrected chi connectivity index (χ3v) is 6.15. The molecule has 2 aromatic heterocycles. The summed E-state index contributed by atoms with van der Waals surface area (Å²) in [5.41, 5.74) is -2.90. The Kier molecular flexibility index (Phi) is 6.31. The quantitative estimate of drug-likeness (QED) is 0.504. The van der Waals surface area contributed by atoms with E-state index in [1.807, 2.05) is 13.0 Å². The van der Waals surface area contributed by atoms with E-state index < -0.39 is 29.5 Å². The van der Waals surface area contributed by atoms with Crippen molar-refractivity contribution in [2.45, 2.75) is 44.9 Å². The van der Waals surface area contributed by atoms with Crippen molar-refractivity contribution in [3.05, 3.63) is 40.2 Å². The maximum Gasteiger partial charge on any atom is 0.441 e. The minimum atomic E-state index is -5.30. The van der Waals surface area contributed by atoms with Gasteiger partial charge < -0.3 is 19.8 Å².